The van der Waals surface area contributed by atoms with Crippen LogP contribution < -0.4 is 16.2 Å². The number of nitrogens with zero attached hydrogens (tertiary/aromatic N) is 2. The number of hydrogen-bond acceptors (Lipinski definition) is 5. The number of carbonyl (C=O) groups excluding carboxylic acids is 2. The molecule has 1 saturated carbocycles. The normalized spacial score (nSPS) is 16.2. The largest absolute Gasteiger partial charge is 0.444 e. The first-order valence-corrected chi connectivity index (χ1v) is 12.5. The predicted octanol–water partition coefficient (Wildman–Crippen LogP) is 4.22. The Morgan fingerprint density at radius 1 is 1.06 bits per heavy atom. The van der Waals surface area contributed by atoms with Crippen molar-refractivity contribution in [2.45, 2.75) is 82.9 Å². The summed E-state index contributed by atoms with van der Waals surface area (Å²) in [5.41, 5.74) is 0.910. The number of alkyl carbamates (subject to hydrolysis) is 1. The van der Waals surface area contributed by atoms with Crippen LogP contribution in [-0.4, -0.2) is 33.7 Å². The third kappa shape index (κ3) is 7.20. The van der Waals surface area contributed by atoms with Gasteiger partial charge < -0.3 is 19.9 Å². The summed E-state index contributed by atoms with van der Waals surface area (Å²) in [6.07, 6.45) is 6.11. The summed E-state index contributed by atoms with van der Waals surface area (Å²) >= 11 is 0. The Bertz CT molecular complexity index is 1160. The Hall–Kier alpha value is -3.60. The van der Waals surface area contributed by atoms with E-state index in [-0.39, 0.29) is 11.5 Å². The number of ether oxygens (including phenoxy) is 1. The first kappa shape index (κ1) is 27.0. The number of amides is 2. The molecule has 1 aromatic carbocycles. The average Bonchev–Trinajstić information content (AvgIpc) is 3.06. The van der Waals surface area contributed by atoms with E-state index in [4.69, 9.17) is 4.74 Å². The highest BCUT2D eigenvalue weighted by Crippen LogP contribution is 2.28. The summed E-state index contributed by atoms with van der Waals surface area (Å²) < 4.78 is 6.96. The van der Waals surface area contributed by atoms with Gasteiger partial charge in [0, 0.05) is 25.7 Å². The van der Waals surface area contributed by atoms with E-state index in [0.29, 0.717) is 19.3 Å². The number of benzene rings is 1. The number of aromatic nitrogens is 1. The third-order valence-electron chi connectivity index (χ3n) is 6.41. The molecule has 8 nitrogen and oxygen atoms in total. The maximum atomic E-state index is 13.5. The summed E-state index contributed by atoms with van der Waals surface area (Å²) in [4.78, 5) is 37.7. The summed E-state index contributed by atoms with van der Waals surface area (Å²) in [5, 5.41) is 15.5. The number of pyridine rings is 1. The molecular formula is C28H36N4O4. The van der Waals surface area contributed by atoms with Crippen molar-refractivity contribution in [3.05, 3.63) is 58.5 Å². The molecule has 1 aliphatic rings. The number of nitrogens with one attached hydrogen (secondary N) is 2. The van der Waals surface area contributed by atoms with Crippen molar-refractivity contribution in [2.75, 3.05) is 0 Å². The van der Waals surface area contributed by atoms with Crippen LogP contribution in [-0.2, 0) is 23.0 Å². The lowest BCUT2D eigenvalue weighted by Gasteiger charge is -2.34. The number of aryl methyl sites for hydroxylation is 1. The van der Waals surface area contributed by atoms with E-state index in [2.05, 4.69) is 16.7 Å². The van der Waals surface area contributed by atoms with Gasteiger partial charge in [0.15, 0.2) is 0 Å². The van der Waals surface area contributed by atoms with Crippen LogP contribution in [0.4, 0.5) is 4.79 Å². The van der Waals surface area contributed by atoms with Gasteiger partial charge in [0.1, 0.15) is 17.2 Å². The van der Waals surface area contributed by atoms with Crippen molar-refractivity contribution in [2.24, 2.45) is 7.05 Å². The lowest BCUT2D eigenvalue weighted by Crippen LogP contribution is -2.60. The Labute approximate surface area is 212 Å². The minimum absolute atomic E-state index is 0.0735. The van der Waals surface area contributed by atoms with Crippen LogP contribution >= 0.6 is 0 Å². The molecule has 2 aromatic rings. The van der Waals surface area contributed by atoms with E-state index < -0.39 is 23.3 Å². The zero-order valence-corrected chi connectivity index (χ0v) is 21.6. The SMILES string of the molecule is Cn1cc(-c2ccc(C[C@@H](C#N)NC(=O)C3(NC(=O)OC(C)(C)C)CCCCCC3)cc2)ccc1=O. The molecular weight excluding hydrogens is 456 g/mol. The molecule has 8 heteroatoms. The number of carbonyl (C=O) groups is 2. The molecule has 1 aliphatic carbocycles. The molecule has 36 heavy (non-hydrogen) atoms. The quantitative estimate of drug-likeness (QED) is 0.586. The average molecular weight is 493 g/mol. The Morgan fingerprint density at radius 2 is 1.67 bits per heavy atom. The fourth-order valence-corrected chi connectivity index (χ4v) is 4.50. The molecule has 0 radical (unpaired) electrons. The van der Waals surface area contributed by atoms with E-state index in [1.165, 1.54) is 10.6 Å². The smallest absolute Gasteiger partial charge is 0.408 e. The second kappa shape index (κ2) is 11.4. The molecule has 0 aliphatic heterocycles. The van der Waals surface area contributed by atoms with Crippen LogP contribution in [0.2, 0.25) is 0 Å². The van der Waals surface area contributed by atoms with E-state index in [0.717, 1.165) is 42.4 Å². The molecule has 0 spiro atoms. The summed E-state index contributed by atoms with van der Waals surface area (Å²) in [7, 11) is 1.71. The second-order valence-corrected chi connectivity index (χ2v) is 10.5. The maximum absolute atomic E-state index is 13.5. The fourth-order valence-electron chi connectivity index (χ4n) is 4.50. The summed E-state index contributed by atoms with van der Waals surface area (Å²) in [6.45, 7) is 5.34. The summed E-state index contributed by atoms with van der Waals surface area (Å²) in [5.74, 6) is -0.344. The van der Waals surface area contributed by atoms with Gasteiger partial charge in [-0.25, -0.2) is 4.79 Å². The van der Waals surface area contributed by atoms with Gasteiger partial charge in [-0.1, -0.05) is 49.9 Å². The molecule has 2 N–H and O–H groups in total. The number of hydrogen-bond donors (Lipinski definition) is 2. The Morgan fingerprint density at radius 3 is 2.22 bits per heavy atom. The second-order valence-electron chi connectivity index (χ2n) is 10.5. The van der Waals surface area contributed by atoms with Gasteiger partial charge in [0.25, 0.3) is 0 Å². The van der Waals surface area contributed by atoms with Gasteiger partial charge in [0.2, 0.25) is 11.5 Å². The highest BCUT2D eigenvalue weighted by atomic mass is 16.6. The molecule has 1 heterocycles. The molecule has 0 unspecified atom stereocenters. The van der Waals surface area contributed by atoms with Crippen molar-refractivity contribution in [1.82, 2.24) is 15.2 Å². The van der Waals surface area contributed by atoms with Gasteiger partial charge >= 0.3 is 6.09 Å². The number of rotatable bonds is 6. The van der Waals surface area contributed by atoms with Crippen LogP contribution in [0.15, 0.2) is 47.4 Å². The Kier molecular flexibility index (Phi) is 8.57. The van der Waals surface area contributed by atoms with Gasteiger partial charge in [0.05, 0.1) is 6.07 Å². The maximum Gasteiger partial charge on any atom is 0.408 e. The molecule has 1 aromatic heterocycles. The predicted molar refractivity (Wildman–Crippen MR) is 138 cm³/mol. The van der Waals surface area contributed by atoms with Crippen molar-refractivity contribution < 1.29 is 14.3 Å². The fraction of sp³-hybridized carbons (Fsp3) is 0.500. The molecule has 3 rings (SSSR count). The van der Waals surface area contributed by atoms with E-state index in [1.54, 1.807) is 40.1 Å². The zero-order valence-electron chi connectivity index (χ0n) is 21.6. The van der Waals surface area contributed by atoms with E-state index in [1.807, 2.05) is 24.3 Å². The van der Waals surface area contributed by atoms with Crippen LogP contribution in [0, 0.1) is 11.3 Å². The summed E-state index contributed by atoms with van der Waals surface area (Å²) in [6, 6.07) is 12.4. The lowest BCUT2D eigenvalue weighted by atomic mass is 9.88. The highest BCUT2D eigenvalue weighted by molar-refractivity contribution is 5.90. The van der Waals surface area contributed by atoms with Gasteiger partial charge in [-0.3, -0.25) is 9.59 Å². The van der Waals surface area contributed by atoms with Crippen molar-refractivity contribution in [3.63, 3.8) is 0 Å². The van der Waals surface area contributed by atoms with Crippen molar-refractivity contribution in [1.29, 1.82) is 5.26 Å². The van der Waals surface area contributed by atoms with Crippen LogP contribution in [0.3, 0.4) is 0 Å². The minimum atomic E-state index is -1.10. The monoisotopic (exact) mass is 492 g/mol. The lowest BCUT2D eigenvalue weighted by molar-refractivity contribution is -0.128. The molecule has 192 valence electrons. The van der Waals surface area contributed by atoms with Gasteiger partial charge in [-0.2, -0.15) is 5.26 Å². The Balaban J connectivity index is 1.71. The van der Waals surface area contributed by atoms with E-state index >= 15 is 0 Å². The molecule has 1 atom stereocenters. The van der Waals surface area contributed by atoms with Gasteiger partial charge in [-0.05, 0) is 56.4 Å². The first-order chi connectivity index (χ1) is 17.0. The first-order valence-electron chi connectivity index (χ1n) is 12.5. The molecule has 0 saturated heterocycles. The standard InChI is InChI=1S/C28H36N4O4/c1-27(2,3)36-26(35)31-28(15-7-5-6-8-16-28)25(34)30-23(18-29)17-20-9-11-21(12-10-20)22-13-14-24(33)32(4)19-22/h9-14,19,23H,5-8,15-17H2,1-4H3,(H,30,34)(H,31,35)/t23-/m0/s1. The number of nitriles is 1. The van der Waals surface area contributed by atoms with Crippen LogP contribution in [0.5, 0.6) is 0 Å². The molecule has 1 fully saturated rings. The van der Waals surface area contributed by atoms with Gasteiger partial charge in [-0.15, -0.1) is 0 Å². The van der Waals surface area contributed by atoms with Crippen molar-refractivity contribution in [3.8, 4) is 17.2 Å². The van der Waals surface area contributed by atoms with Crippen LogP contribution in [0.1, 0.15) is 64.9 Å². The molecule has 2 amide bonds. The highest BCUT2D eigenvalue weighted by Gasteiger charge is 2.41. The van der Waals surface area contributed by atoms with Crippen LogP contribution in [0.25, 0.3) is 11.1 Å². The molecule has 0 bridgehead atoms. The minimum Gasteiger partial charge on any atom is -0.444 e. The third-order valence-corrected chi connectivity index (χ3v) is 6.41. The topological polar surface area (TPSA) is 113 Å². The zero-order chi connectivity index (χ0) is 26.3. The van der Waals surface area contributed by atoms with Crippen molar-refractivity contribution >= 4 is 12.0 Å². The van der Waals surface area contributed by atoms with E-state index in [9.17, 15) is 19.6 Å².